The molecule has 1 aliphatic heterocycles. The van der Waals surface area contributed by atoms with Crippen LogP contribution in [0.1, 0.15) is 42.5 Å². The Hall–Kier alpha value is -1.58. The fourth-order valence-electron chi connectivity index (χ4n) is 3.40. The van der Waals surface area contributed by atoms with Crippen LogP contribution < -0.4 is 0 Å². The smallest absolute Gasteiger partial charge is 0.0733 e. The zero-order valence-electron chi connectivity index (χ0n) is 15.6. The summed E-state index contributed by atoms with van der Waals surface area (Å²) in [5, 5.41) is 0. The summed E-state index contributed by atoms with van der Waals surface area (Å²) >= 11 is 1.94. The van der Waals surface area contributed by atoms with Crippen molar-refractivity contribution in [2.75, 3.05) is 26.2 Å². The Labute approximate surface area is 156 Å². The second-order valence-corrected chi connectivity index (χ2v) is 7.49. The number of aryl methyl sites for hydroxylation is 1. The summed E-state index contributed by atoms with van der Waals surface area (Å²) in [4.78, 5) is 8.94. The Morgan fingerprint density at radius 1 is 1.00 bits per heavy atom. The zero-order valence-corrected chi connectivity index (χ0v) is 16.4. The first kappa shape index (κ1) is 18.2. The second-order valence-electron chi connectivity index (χ2n) is 6.51. The maximum atomic E-state index is 5.08. The van der Waals surface area contributed by atoms with Crippen LogP contribution >= 0.6 is 11.8 Å². The first-order valence-electron chi connectivity index (χ1n) is 9.32. The normalized spacial score (nSPS) is 15.1. The van der Waals surface area contributed by atoms with Gasteiger partial charge in [-0.3, -0.25) is 4.99 Å². The summed E-state index contributed by atoms with van der Waals surface area (Å²) in [7, 11) is 0. The Morgan fingerprint density at radius 3 is 2.56 bits per heavy atom. The van der Waals surface area contributed by atoms with E-state index in [9.17, 15) is 0 Å². The third-order valence-electron chi connectivity index (χ3n) is 4.91. The first-order chi connectivity index (χ1) is 12.2. The monoisotopic (exact) mass is 352 g/mol. The zero-order chi connectivity index (χ0) is 17.6. The van der Waals surface area contributed by atoms with Crippen LogP contribution in [-0.4, -0.2) is 36.8 Å². The van der Waals surface area contributed by atoms with Gasteiger partial charge >= 0.3 is 0 Å². The molecule has 2 nitrogen and oxygen atoms in total. The molecule has 2 aromatic rings. The van der Waals surface area contributed by atoms with E-state index in [1.165, 1.54) is 32.9 Å². The minimum absolute atomic E-state index is 0.887. The van der Waals surface area contributed by atoms with Crippen molar-refractivity contribution in [2.24, 2.45) is 4.99 Å². The summed E-state index contributed by atoms with van der Waals surface area (Å²) in [6.45, 7) is 10.9. The fourth-order valence-corrected chi connectivity index (χ4v) is 4.57. The predicted octanol–water partition coefficient (Wildman–Crippen LogP) is 5.17. The van der Waals surface area contributed by atoms with Crippen molar-refractivity contribution in [2.45, 2.75) is 37.8 Å². The van der Waals surface area contributed by atoms with Crippen LogP contribution in [0.2, 0.25) is 0 Å². The van der Waals surface area contributed by atoms with E-state index in [0.29, 0.717) is 0 Å². The van der Waals surface area contributed by atoms with Gasteiger partial charge < -0.3 is 4.90 Å². The molecular formula is C22H28N2S. The van der Waals surface area contributed by atoms with Gasteiger partial charge in [0.1, 0.15) is 0 Å². The number of thioether (sulfide) groups is 1. The number of hydrogen-bond acceptors (Lipinski definition) is 3. The maximum Gasteiger partial charge on any atom is 0.0733 e. The van der Waals surface area contributed by atoms with Crippen LogP contribution in [-0.2, 0) is 5.75 Å². The SMILES string of the molecule is CCN(CC)CCC/N=C1/c2ccccc2CSc2c(C)cccc21. The lowest BCUT2D eigenvalue weighted by Crippen LogP contribution is -2.24. The second kappa shape index (κ2) is 8.68. The predicted molar refractivity (Wildman–Crippen MR) is 110 cm³/mol. The van der Waals surface area contributed by atoms with Crippen LogP contribution in [0.4, 0.5) is 0 Å². The molecule has 0 N–H and O–H groups in total. The topological polar surface area (TPSA) is 15.6 Å². The molecule has 1 aliphatic rings. The molecule has 0 radical (unpaired) electrons. The molecule has 1 heterocycles. The Balaban J connectivity index is 1.91. The summed E-state index contributed by atoms with van der Waals surface area (Å²) in [6, 6.07) is 15.4. The number of benzene rings is 2. The largest absolute Gasteiger partial charge is 0.304 e. The molecule has 0 spiro atoms. The highest BCUT2D eigenvalue weighted by molar-refractivity contribution is 7.98. The van der Waals surface area contributed by atoms with Crippen molar-refractivity contribution in [1.29, 1.82) is 0 Å². The van der Waals surface area contributed by atoms with Gasteiger partial charge in [-0.05, 0) is 44.1 Å². The van der Waals surface area contributed by atoms with Gasteiger partial charge in [0.05, 0.1) is 5.71 Å². The molecule has 0 saturated carbocycles. The van der Waals surface area contributed by atoms with Gasteiger partial charge in [0.25, 0.3) is 0 Å². The molecule has 2 aromatic carbocycles. The van der Waals surface area contributed by atoms with Gasteiger partial charge in [0.2, 0.25) is 0 Å². The maximum absolute atomic E-state index is 5.08. The third kappa shape index (κ3) is 4.16. The van der Waals surface area contributed by atoms with E-state index in [-0.39, 0.29) is 0 Å². The van der Waals surface area contributed by atoms with Crippen LogP contribution in [0.15, 0.2) is 52.4 Å². The Kier molecular flexibility index (Phi) is 6.33. The molecule has 0 aromatic heterocycles. The molecule has 0 saturated heterocycles. The van der Waals surface area contributed by atoms with Gasteiger partial charge in [-0.1, -0.05) is 56.3 Å². The lowest BCUT2D eigenvalue weighted by atomic mass is 9.97. The van der Waals surface area contributed by atoms with Crippen molar-refractivity contribution in [1.82, 2.24) is 4.90 Å². The molecule has 0 atom stereocenters. The van der Waals surface area contributed by atoms with E-state index < -0.39 is 0 Å². The molecule has 3 heteroatoms. The van der Waals surface area contributed by atoms with Crippen LogP contribution in [0.5, 0.6) is 0 Å². The van der Waals surface area contributed by atoms with E-state index in [1.807, 2.05) is 11.8 Å². The molecule has 132 valence electrons. The quantitative estimate of drug-likeness (QED) is 0.667. The average Bonchev–Trinajstić information content (AvgIpc) is 2.80. The minimum Gasteiger partial charge on any atom is -0.304 e. The molecule has 0 unspecified atom stereocenters. The van der Waals surface area contributed by atoms with Gasteiger partial charge in [-0.2, -0.15) is 0 Å². The minimum atomic E-state index is 0.887. The highest BCUT2D eigenvalue weighted by atomic mass is 32.2. The van der Waals surface area contributed by atoms with Crippen LogP contribution in [0.25, 0.3) is 0 Å². The van der Waals surface area contributed by atoms with Gasteiger partial charge in [0.15, 0.2) is 0 Å². The molecule has 0 amide bonds. The third-order valence-corrected chi connectivity index (χ3v) is 6.19. The van der Waals surface area contributed by atoms with Gasteiger partial charge in [-0.15, -0.1) is 11.8 Å². The molecular weight excluding hydrogens is 324 g/mol. The number of nitrogens with zero attached hydrogens (tertiary/aromatic N) is 2. The molecule has 0 aliphatic carbocycles. The van der Waals surface area contributed by atoms with Crippen LogP contribution in [0.3, 0.4) is 0 Å². The van der Waals surface area contributed by atoms with Gasteiger partial charge in [-0.25, -0.2) is 0 Å². The summed E-state index contributed by atoms with van der Waals surface area (Å²) in [5.74, 6) is 1.02. The fraction of sp³-hybridized carbons (Fsp3) is 0.409. The highest BCUT2D eigenvalue weighted by Gasteiger charge is 2.20. The molecule has 3 rings (SSSR count). The average molecular weight is 353 g/mol. The van der Waals surface area contributed by atoms with E-state index in [1.54, 1.807) is 0 Å². The van der Waals surface area contributed by atoms with Crippen molar-refractivity contribution in [3.05, 3.63) is 64.7 Å². The number of rotatable bonds is 6. The van der Waals surface area contributed by atoms with Crippen molar-refractivity contribution in [3.8, 4) is 0 Å². The Bertz CT molecular complexity index is 747. The van der Waals surface area contributed by atoms with E-state index in [4.69, 9.17) is 4.99 Å². The van der Waals surface area contributed by atoms with Crippen molar-refractivity contribution >= 4 is 17.5 Å². The lowest BCUT2D eigenvalue weighted by Gasteiger charge is -2.17. The number of hydrogen-bond donors (Lipinski definition) is 0. The van der Waals surface area contributed by atoms with Gasteiger partial charge in [0, 0.05) is 28.3 Å². The standard InChI is InChI=1S/C22H28N2S/c1-4-24(5-2)15-9-14-23-21-19-12-7-6-11-18(19)16-25-22-17(3)10-8-13-20(21)22/h6-8,10-13H,4-5,9,14-16H2,1-3H3/b23-21-. The van der Waals surface area contributed by atoms with E-state index in [0.717, 1.165) is 38.4 Å². The van der Waals surface area contributed by atoms with E-state index in [2.05, 4.69) is 68.1 Å². The first-order valence-corrected chi connectivity index (χ1v) is 10.3. The van der Waals surface area contributed by atoms with Crippen molar-refractivity contribution < 1.29 is 0 Å². The van der Waals surface area contributed by atoms with Crippen LogP contribution in [0, 0.1) is 6.92 Å². The Morgan fingerprint density at radius 2 is 1.76 bits per heavy atom. The summed E-state index contributed by atoms with van der Waals surface area (Å²) < 4.78 is 0. The number of fused-ring (bicyclic) bond motifs is 2. The van der Waals surface area contributed by atoms with E-state index >= 15 is 0 Å². The number of aliphatic imine (C=N–C) groups is 1. The molecule has 25 heavy (non-hydrogen) atoms. The lowest BCUT2D eigenvalue weighted by molar-refractivity contribution is 0.302. The molecule has 0 fully saturated rings. The highest BCUT2D eigenvalue weighted by Crippen LogP contribution is 2.36. The molecule has 0 bridgehead atoms. The summed E-state index contributed by atoms with van der Waals surface area (Å²) in [6.07, 6.45) is 1.11. The van der Waals surface area contributed by atoms with Crippen molar-refractivity contribution in [3.63, 3.8) is 0 Å². The summed E-state index contributed by atoms with van der Waals surface area (Å²) in [5.41, 5.74) is 6.54.